The lowest BCUT2D eigenvalue weighted by molar-refractivity contribution is 0.185. The average molecular weight is 378 g/mol. The molecule has 0 aromatic heterocycles. The van der Waals surface area contributed by atoms with Gasteiger partial charge in [0.1, 0.15) is 11.6 Å². The largest absolute Gasteiger partial charge is 0.294 e. The van der Waals surface area contributed by atoms with Gasteiger partial charge in [-0.25, -0.2) is 17.2 Å². The molecular formula is C19H20F2N2O2S. The number of hydrogen-bond acceptors (Lipinski definition) is 3. The Labute approximate surface area is 152 Å². The fraction of sp³-hybridized carbons (Fsp3) is 0.368. The van der Waals surface area contributed by atoms with E-state index in [4.69, 9.17) is 0 Å². The number of sulfonamides is 1. The first-order valence-electron chi connectivity index (χ1n) is 8.72. The highest BCUT2D eigenvalue weighted by Crippen LogP contribution is 2.29. The average Bonchev–Trinajstić information content (AvgIpc) is 3.12. The summed E-state index contributed by atoms with van der Waals surface area (Å²) in [5.74, 6) is -2.08. The van der Waals surface area contributed by atoms with Crippen molar-refractivity contribution in [3.05, 3.63) is 65.2 Å². The summed E-state index contributed by atoms with van der Waals surface area (Å²) in [6, 6.07) is 11.4. The molecule has 2 aromatic carbocycles. The number of rotatable bonds is 3. The number of hydrogen-bond donors (Lipinski definition) is 0. The van der Waals surface area contributed by atoms with Gasteiger partial charge < -0.3 is 0 Å². The van der Waals surface area contributed by atoms with Crippen LogP contribution >= 0.6 is 0 Å². The molecule has 0 spiro atoms. The van der Waals surface area contributed by atoms with Crippen molar-refractivity contribution in [3.63, 3.8) is 0 Å². The molecule has 26 heavy (non-hydrogen) atoms. The minimum Gasteiger partial charge on any atom is -0.294 e. The van der Waals surface area contributed by atoms with Crippen LogP contribution in [0.1, 0.15) is 17.5 Å². The first-order valence-corrected chi connectivity index (χ1v) is 10.2. The molecule has 1 atom stereocenters. The molecule has 1 fully saturated rings. The smallest absolute Gasteiger partial charge is 0.248 e. The maximum Gasteiger partial charge on any atom is 0.248 e. The summed E-state index contributed by atoms with van der Waals surface area (Å²) >= 11 is 0. The van der Waals surface area contributed by atoms with Crippen LogP contribution in [-0.2, 0) is 23.0 Å². The topological polar surface area (TPSA) is 40.6 Å². The van der Waals surface area contributed by atoms with Crippen LogP contribution in [0.3, 0.4) is 0 Å². The number of fused-ring (bicyclic) bond motifs is 1. The highest BCUT2D eigenvalue weighted by atomic mass is 32.2. The Morgan fingerprint density at radius 3 is 2.35 bits per heavy atom. The minimum absolute atomic E-state index is 0.0629. The van der Waals surface area contributed by atoms with Crippen LogP contribution in [0.2, 0.25) is 0 Å². The molecular weight excluding hydrogens is 358 g/mol. The van der Waals surface area contributed by atoms with Crippen molar-refractivity contribution in [2.24, 2.45) is 0 Å². The fourth-order valence-corrected chi connectivity index (χ4v) is 5.52. The molecule has 2 aliphatic heterocycles. The lowest BCUT2D eigenvalue weighted by Gasteiger charge is -2.33. The van der Waals surface area contributed by atoms with E-state index >= 15 is 0 Å². The zero-order valence-electron chi connectivity index (χ0n) is 14.2. The van der Waals surface area contributed by atoms with Crippen molar-refractivity contribution < 1.29 is 17.2 Å². The second-order valence-corrected chi connectivity index (χ2v) is 8.72. The van der Waals surface area contributed by atoms with Crippen molar-refractivity contribution in [2.45, 2.75) is 30.3 Å². The molecule has 0 radical (unpaired) electrons. The first kappa shape index (κ1) is 17.6. The summed E-state index contributed by atoms with van der Waals surface area (Å²) in [7, 11) is -4.18. The first-order chi connectivity index (χ1) is 12.5. The van der Waals surface area contributed by atoms with Gasteiger partial charge in [-0.3, -0.25) is 4.90 Å². The number of benzene rings is 2. The zero-order valence-corrected chi connectivity index (χ0v) is 15.1. The normalized spacial score (nSPS) is 21.7. The Balaban J connectivity index is 1.52. The summed E-state index contributed by atoms with van der Waals surface area (Å²) < 4.78 is 54.6. The van der Waals surface area contributed by atoms with Crippen molar-refractivity contribution in [1.29, 1.82) is 0 Å². The van der Waals surface area contributed by atoms with Crippen LogP contribution in [0.25, 0.3) is 0 Å². The molecule has 4 rings (SSSR count). The molecule has 0 amide bonds. The maximum absolute atomic E-state index is 14.0. The zero-order chi connectivity index (χ0) is 18.3. The van der Waals surface area contributed by atoms with E-state index in [-0.39, 0.29) is 19.1 Å². The van der Waals surface area contributed by atoms with E-state index in [2.05, 4.69) is 17.0 Å². The Morgan fingerprint density at radius 2 is 1.62 bits per heavy atom. The van der Waals surface area contributed by atoms with Gasteiger partial charge in [-0.2, -0.15) is 4.31 Å². The standard InChI is InChI=1S/C19H20F2N2O2S/c20-17-6-3-7-18(21)19(17)26(24,25)23-11-9-16(13-23)22-10-8-14-4-1-2-5-15(14)12-22/h1-7,16H,8-13H2/t16-/m1/s1. The van der Waals surface area contributed by atoms with E-state index in [1.807, 2.05) is 12.1 Å². The van der Waals surface area contributed by atoms with E-state index < -0.39 is 26.6 Å². The third-order valence-electron chi connectivity index (χ3n) is 5.32. The van der Waals surface area contributed by atoms with Crippen LogP contribution in [0.4, 0.5) is 8.78 Å². The Morgan fingerprint density at radius 1 is 0.923 bits per heavy atom. The van der Waals surface area contributed by atoms with E-state index in [1.165, 1.54) is 21.5 Å². The Hall–Kier alpha value is -1.83. The molecule has 138 valence electrons. The third kappa shape index (κ3) is 3.04. The van der Waals surface area contributed by atoms with E-state index in [9.17, 15) is 17.2 Å². The molecule has 0 N–H and O–H groups in total. The third-order valence-corrected chi connectivity index (χ3v) is 7.24. The van der Waals surface area contributed by atoms with Gasteiger partial charge in [0.2, 0.25) is 10.0 Å². The second kappa shape index (κ2) is 6.72. The van der Waals surface area contributed by atoms with Gasteiger partial charge in [0.15, 0.2) is 4.90 Å². The van der Waals surface area contributed by atoms with E-state index in [1.54, 1.807) is 0 Å². The lowest BCUT2D eigenvalue weighted by Crippen LogP contribution is -2.41. The molecule has 0 saturated carbocycles. The number of nitrogens with zero attached hydrogens (tertiary/aromatic N) is 2. The van der Waals surface area contributed by atoms with E-state index in [0.717, 1.165) is 31.6 Å². The molecule has 2 heterocycles. The Kier molecular flexibility index (Phi) is 4.54. The second-order valence-electron chi connectivity index (χ2n) is 6.85. The number of halogens is 2. The molecule has 1 saturated heterocycles. The molecule has 2 aromatic rings. The summed E-state index contributed by atoms with van der Waals surface area (Å²) in [4.78, 5) is 1.43. The van der Waals surface area contributed by atoms with Gasteiger partial charge in [-0.05, 0) is 36.1 Å². The summed E-state index contributed by atoms with van der Waals surface area (Å²) in [6.45, 7) is 2.18. The van der Waals surface area contributed by atoms with Crippen LogP contribution in [0.5, 0.6) is 0 Å². The van der Waals surface area contributed by atoms with Gasteiger partial charge in [-0.1, -0.05) is 30.3 Å². The summed E-state index contributed by atoms with van der Waals surface area (Å²) in [5.41, 5.74) is 2.60. The minimum atomic E-state index is -4.18. The lowest BCUT2D eigenvalue weighted by atomic mass is 9.98. The van der Waals surface area contributed by atoms with Crippen molar-refractivity contribution >= 4 is 10.0 Å². The van der Waals surface area contributed by atoms with Gasteiger partial charge >= 0.3 is 0 Å². The summed E-state index contributed by atoms with van der Waals surface area (Å²) in [6.07, 6.45) is 1.60. The predicted molar refractivity (Wildman–Crippen MR) is 94.1 cm³/mol. The van der Waals surface area contributed by atoms with Crippen molar-refractivity contribution in [1.82, 2.24) is 9.21 Å². The highest BCUT2D eigenvalue weighted by molar-refractivity contribution is 7.89. The van der Waals surface area contributed by atoms with Gasteiger partial charge in [0.05, 0.1) is 0 Å². The van der Waals surface area contributed by atoms with Crippen LogP contribution in [0, 0.1) is 11.6 Å². The SMILES string of the molecule is O=S(=O)(c1c(F)cccc1F)N1CC[C@@H](N2CCc3ccccc3C2)C1. The molecule has 7 heteroatoms. The van der Waals surface area contributed by atoms with E-state index in [0.29, 0.717) is 6.42 Å². The van der Waals surface area contributed by atoms with Gasteiger partial charge in [0.25, 0.3) is 0 Å². The molecule has 0 unspecified atom stereocenters. The van der Waals surface area contributed by atoms with Gasteiger partial charge in [-0.15, -0.1) is 0 Å². The van der Waals surface area contributed by atoms with Crippen molar-refractivity contribution in [3.8, 4) is 0 Å². The Bertz CT molecular complexity index is 913. The van der Waals surface area contributed by atoms with Gasteiger partial charge in [0, 0.05) is 32.2 Å². The van der Waals surface area contributed by atoms with Crippen molar-refractivity contribution in [2.75, 3.05) is 19.6 Å². The predicted octanol–water partition coefficient (Wildman–Crippen LogP) is 2.79. The molecule has 0 bridgehead atoms. The maximum atomic E-state index is 14.0. The summed E-state index contributed by atoms with van der Waals surface area (Å²) in [5, 5.41) is 0. The van der Waals surface area contributed by atoms with Crippen LogP contribution in [-0.4, -0.2) is 43.3 Å². The molecule has 4 nitrogen and oxygen atoms in total. The fourth-order valence-electron chi connectivity index (χ4n) is 3.91. The highest BCUT2D eigenvalue weighted by Gasteiger charge is 2.38. The van der Waals surface area contributed by atoms with Crippen LogP contribution < -0.4 is 0 Å². The molecule has 0 aliphatic carbocycles. The van der Waals surface area contributed by atoms with Crippen LogP contribution in [0.15, 0.2) is 47.4 Å². The monoisotopic (exact) mass is 378 g/mol. The quantitative estimate of drug-likeness (QED) is 0.825. The molecule has 2 aliphatic rings.